The summed E-state index contributed by atoms with van der Waals surface area (Å²) in [6, 6.07) is 0. The van der Waals surface area contributed by atoms with E-state index >= 15 is 0 Å². The van der Waals surface area contributed by atoms with E-state index in [4.69, 9.17) is 17.0 Å². The highest BCUT2D eigenvalue weighted by molar-refractivity contribution is 7.80. The number of rotatable bonds is 4. The first kappa shape index (κ1) is 15.3. The molecule has 0 saturated heterocycles. The Hall–Kier alpha value is -1.22. The third kappa shape index (κ3) is 17.0. The minimum Gasteiger partial charge on any atom is -0.376 e. The topological polar surface area (TPSA) is 29.1 Å². The number of carbonyl (C=O) groups is 1. The quantitative estimate of drug-likeness (QED) is 0.572. The molecule has 0 amide bonds. The minimum absolute atomic E-state index is 0.801. The molecule has 0 aromatic carbocycles. The van der Waals surface area contributed by atoms with Crippen molar-refractivity contribution in [2.24, 2.45) is 0 Å². The van der Waals surface area contributed by atoms with Crippen LogP contribution >= 0.6 is 12.2 Å². The van der Waals surface area contributed by atoms with Crippen molar-refractivity contribution < 1.29 is 4.79 Å². The molecular weight excluding hydrogens is 194 g/mol. The Balaban J connectivity index is 0. The van der Waals surface area contributed by atoms with Crippen molar-refractivity contribution in [3.05, 3.63) is 36.5 Å². The van der Waals surface area contributed by atoms with Gasteiger partial charge in [-0.2, -0.15) is 0 Å². The Morgan fingerprint density at radius 3 is 2.36 bits per heavy atom. The Kier molecular flexibility index (Phi) is 15.6. The van der Waals surface area contributed by atoms with Crippen LogP contribution in [0.25, 0.3) is 0 Å². The van der Waals surface area contributed by atoms with Gasteiger partial charge in [-0.1, -0.05) is 48.7 Å². The minimum atomic E-state index is 0.801. The van der Waals surface area contributed by atoms with Crippen molar-refractivity contribution in [2.75, 3.05) is 6.54 Å². The van der Waals surface area contributed by atoms with Crippen molar-refractivity contribution >= 4 is 24.0 Å². The van der Waals surface area contributed by atoms with Crippen molar-refractivity contribution in [3.63, 3.8) is 0 Å². The van der Waals surface area contributed by atoms with Crippen LogP contribution in [-0.4, -0.2) is 18.3 Å². The van der Waals surface area contributed by atoms with Gasteiger partial charge < -0.3 is 10.1 Å². The lowest BCUT2D eigenvalue weighted by molar-refractivity contribution is -0.0979. The first-order valence-corrected chi connectivity index (χ1v) is 4.66. The van der Waals surface area contributed by atoms with E-state index in [0.29, 0.717) is 0 Å². The van der Waals surface area contributed by atoms with Gasteiger partial charge >= 0.3 is 0 Å². The van der Waals surface area contributed by atoms with Crippen molar-refractivity contribution in [3.8, 4) is 0 Å². The molecule has 0 aromatic heterocycles. The summed E-state index contributed by atoms with van der Waals surface area (Å²) in [5, 5.41) is 3.03. The molecule has 3 heteroatoms. The molecule has 0 aliphatic carbocycles. The predicted molar refractivity (Wildman–Crippen MR) is 66.5 cm³/mol. The van der Waals surface area contributed by atoms with Crippen LogP contribution in [0.1, 0.15) is 13.8 Å². The fourth-order valence-corrected chi connectivity index (χ4v) is 0.672. The molecule has 14 heavy (non-hydrogen) atoms. The SMILES string of the molecule is C=O.C\C=C/C=C\C=C\CNC(C)=S. The fraction of sp³-hybridized carbons (Fsp3) is 0.273. The van der Waals surface area contributed by atoms with Gasteiger partial charge in [0.25, 0.3) is 0 Å². The molecular formula is C11H17NOS. The van der Waals surface area contributed by atoms with Crippen molar-refractivity contribution in [2.45, 2.75) is 13.8 Å². The first-order chi connectivity index (χ1) is 6.77. The van der Waals surface area contributed by atoms with E-state index in [1.54, 1.807) is 0 Å². The lowest BCUT2D eigenvalue weighted by Gasteiger charge is -1.95. The van der Waals surface area contributed by atoms with Gasteiger partial charge in [0, 0.05) is 6.54 Å². The lowest BCUT2D eigenvalue weighted by atomic mass is 10.4. The Bertz CT molecular complexity index is 219. The van der Waals surface area contributed by atoms with Crippen LogP contribution in [-0.2, 0) is 4.79 Å². The fourth-order valence-electron chi connectivity index (χ4n) is 0.589. The van der Waals surface area contributed by atoms with Gasteiger partial charge in [-0.3, -0.25) is 0 Å². The predicted octanol–water partition coefficient (Wildman–Crippen LogP) is 2.43. The average molecular weight is 211 g/mol. The molecule has 0 bridgehead atoms. The van der Waals surface area contributed by atoms with Crippen LogP contribution in [0.15, 0.2) is 36.5 Å². The smallest absolute Gasteiger partial charge is 0.106 e. The van der Waals surface area contributed by atoms with Crippen LogP contribution in [0.5, 0.6) is 0 Å². The van der Waals surface area contributed by atoms with E-state index in [0.717, 1.165) is 11.5 Å². The molecule has 0 spiro atoms. The lowest BCUT2D eigenvalue weighted by Crippen LogP contribution is -2.17. The maximum atomic E-state index is 8.00. The van der Waals surface area contributed by atoms with Gasteiger partial charge in [0.1, 0.15) is 6.79 Å². The summed E-state index contributed by atoms with van der Waals surface area (Å²) in [4.78, 5) is 8.83. The third-order valence-corrected chi connectivity index (χ3v) is 1.28. The second-order valence-electron chi connectivity index (χ2n) is 2.28. The molecule has 0 aliphatic heterocycles. The molecule has 0 rings (SSSR count). The number of carbonyl (C=O) groups excluding carboxylic acids is 1. The molecule has 0 unspecified atom stereocenters. The van der Waals surface area contributed by atoms with E-state index in [1.807, 2.05) is 57.1 Å². The van der Waals surface area contributed by atoms with Crippen LogP contribution in [0, 0.1) is 0 Å². The van der Waals surface area contributed by atoms with E-state index in [2.05, 4.69) is 5.32 Å². The zero-order chi connectivity index (χ0) is 11.2. The van der Waals surface area contributed by atoms with Gasteiger partial charge in [0.05, 0.1) is 4.99 Å². The summed E-state index contributed by atoms with van der Waals surface area (Å²) < 4.78 is 0. The highest BCUT2D eigenvalue weighted by Crippen LogP contribution is 1.79. The molecule has 0 atom stereocenters. The summed E-state index contributed by atoms with van der Waals surface area (Å²) in [5.41, 5.74) is 0. The standard InChI is InChI=1S/C10H15NS.CH2O/c1-3-4-5-6-7-8-9-11-10(2)12;1-2/h3-8H,9H2,1-2H3,(H,11,12);1H2/b4-3-,6-5-,8-7+;. The highest BCUT2D eigenvalue weighted by atomic mass is 32.1. The number of allylic oxidation sites excluding steroid dienone is 5. The van der Waals surface area contributed by atoms with Crippen LogP contribution < -0.4 is 5.32 Å². The molecule has 0 radical (unpaired) electrons. The van der Waals surface area contributed by atoms with Gasteiger partial charge in [-0.15, -0.1) is 0 Å². The second-order valence-corrected chi connectivity index (χ2v) is 2.89. The normalized spacial score (nSPS) is 10.4. The number of hydrogen-bond acceptors (Lipinski definition) is 2. The molecule has 0 aliphatic rings. The summed E-state index contributed by atoms with van der Waals surface area (Å²) >= 11 is 4.84. The summed E-state index contributed by atoms with van der Waals surface area (Å²) in [6.07, 6.45) is 12.0. The zero-order valence-corrected chi connectivity index (χ0v) is 9.51. The third-order valence-electron chi connectivity index (χ3n) is 1.13. The first-order valence-electron chi connectivity index (χ1n) is 4.25. The molecule has 0 fully saturated rings. The van der Waals surface area contributed by atoms with Crippen LogP contribution in [0.3, 0.4) is 0 Å². The average Bonchev–Trinajstić information content (AvgIpc) is 2.19. The second kappa shape index (κ2) is 14.3. The molecule has 1 N–H and O–H groups in total. The van der Waals surface area contributed by atoms with Crippen LogP contribution in [0.4, 0.5) is 0 Å². The highest BCUT2D eigenvalue weighted by Gasteiger charge is 1.77. The maximum absolute atomic E-state index is 8.00. The Morgan fingerprint density at radius 2 is 1.86 bits per heavy atom. The van der Waals surface area contributed by atoms with Crippen molar-refractivity contribution in [1.82, 2.24) is 5.32 Å². The summed E-state index contributed by atoms with van der Waals surface area (Å²) in [7, 11) is 0. The number of hydrogen-bond donors (Lipinski definition) is 1. The summed E-state index contributed by atoms with van der Waals surface area (Å²) in [5.74, 6) is 0. The Morgan fingerprint density at radius 1 is 1.29 bits per heavy atom. The largest absolute Gasteiger partial charge is 0.376 e. The number of nitrogens with one attached hydrogen (secondary N) is 1. The Labute approximate surface area is 91.4 Å². The molecule has 0 heterocycles. The number of thiocarbonyl (C=S) groups is 1. The van der Waals surface area contributed by atoms with E-state index < -0.39 is 0 Å². The summed E-state index contributed by atoms with van der Waals surface area (Å²) in [6.45, 7) is 6.67. The molecule has 0 saturated carbocycles. The van der Waals surface area contributed by atoms with Crippen molar-refractivity contribution in [1.29, 1.82) is 0 Å². The van der Waals surface area contributed by atoms with Gasteiger partial charge in [0.2, 0.25) is 0 Å². The van der Waals surface area contributed by atoms with Gasteiger partial charge in [-0.25, -0.2) is 0 Å². The van der Waals surface area contributed by atoms with E-state index in [9.17, 15) is 0 Å². The van der Waals surface area contributed by atoms with Crippen LogP contribution in [0.2, 0.25) is 0 Å². The zero-order valence-electron chi connectivity index (χ0n) is 8.69. The van der Waals surface area contributed by atoms with E-state index in [-0.39, 0.29) is 0 Å². The molecule has 78 valence electrons. The monoisotopic (exact) mass is 211 g/mol. The maximum Gasteiger partial charge on any atom is 0.106 e. The molecule has 0 aromatic rings. The van der Waals surface area contributed by atoms with Gasteiger partial charge in [0.15, 0.2) is 0 Å². The van der Waals surface area contributed by atoms with E-state index in [1.165, 1.54) is 0 Å². The van der Waals surface area contributed by atoms with Gasteiger partial charge in [-0.05, 0) is 13.8 Å². The molecule has 2 nitrogen and oxygen atoms in total.